The van der Waals surface area contributed by atoms with E-state index in [1.54, 1.807) is 11.0 Å². The first-order valence-electron chi connectivity index (χ1n) is 4.78. The fourth-order valence-corrected chi connectivity index (χ4v) is 1.99. The van der Waals surface area contributed by atoms with Crippen molar-refractivity contribution in [3.05, 3.63) is 35.6 Å². The molecule has 0 radical (unpaired) electrons. The second kappa shape index (κ2) is 3.78. The van der Waals surface area contributed by atoms with Crippen molar-refractivity contribution in [3.63, 3.8) is 0 Å². The first kappa shape index (κ1) is 9.19. The second-order valence-electron chi connectivity index (χ2n) is 3.56. The number of benzene rings is 1. The van der Waals surface area contributed by atoms with E-state index in [9.17, 15) is 9.18 Å². The van der Waals surface area contributed by atoms with E-state index in [1.165, 1.54) is 12.1 Å². The van der Waals surface area contributed by atoms with Gasteiger partial charge in [0.25, 0.3) is 0 Å². The van der Waals surface area contributed by atoms with E-state index in [4.69, 9.17) is 0 Å². The van der Waals surface area contributed by atoms with E-state index < -0.39 is 0 Å². The molecule has 1 aromatic rings. The molecule has 0 bridgehead atoms. The average molecular weight is 193 g/mol. The molecule has 1 atom stereocenters. The van der Waals surface area contributed by atoms with Crippen molar-refractivity contribution in [3.8, 4) is 0 Å². The molecular weight excluding hydrogens is 181 g/mol. The molecule has 2 nitrogen and oxygen atoms in total. The highest BCUT2D eigenvalue weighted by Gasteiger charge is 2.24. The van der Waals surface area contributed by atoms with Crippen molar-refractivity contribution < 1.29 is 9.18 Å². The molecule has 0 spiro atoms. The van der Waals surface area contributed by atoms with Gasteiger partial charge in [-0.2, -0.15) is 0 Å². The third-order valence-corrected chi connectivity index (χ3v) is 2.66. The van der Waals surface area contributed by atoms with E-state index in [1.807, 2.05) is 6.07 Å². The first-order valence-corrected chi connectivity index (χ1v) is 4.78. The van der Waals surface area contributed by atoms with Gasteiger partial charge in [0, 0.05) is 6.54 Å². The Kier molecular flexibility index (Phi) is 2.48. The highest BCUT2D eigenvalue weighted by molar-refractivity contribution is 5.49. The van der Waals surface area contributed by atoms with Crippen LogP contribution in [0.25, 0.3) is 0 Å². The maximum atomic E-state index is 12.9. The lowest BCUT2D eigenvalue weighted by Gasteiger charge is -2.20. The van der Waals surface area contributed by atoms with Gasteiger partial charge in [-0.15, -0.1) is 0 Å². The number of likely N-dealkylation sites (tertiary alicyclic amines) is 1. The van der Waals surface area contributed by atoms with Crippen molar-refractivity contribution in [1.82, 2.24) is 4.90 Å². The predicted molar refractivity (Wildman–Crippen MR) is 51.1 cm³/mol. The fraction of sp³-hybridized carbons (Fsp3) is 0.364. The molecule has 1 aliphatic rings. The Morgan fingerprint density at radius 3 is 3.07 bits per heavy atom. The van der Waals surface area contributed by atoms with Crippen LogP contribution in [-0.4, -0.2) is 17.9 Å². The summed E-state index contributed by atoms with van der Waals surface area (Å²) >= 11 is 0. The van der Waals surface area contributed by atoms with Crippen LogP contribution in [-0.2, 0) is 4.79 Å². The Morgan fingerprint density at radius 1 is 1.50 bits per heavy atom. The average Bonchev–Trinajstić information content (AvgIpc) is 2.65. The molecule has 74 valence electrons. The summed E-state index contributed by atoms with van der Waals surface area (Å²) in [5, 5.41) is 0. The van der Waals surface area contributed by atoms with E-state index in [-0.39, 0.29) is 11.9 Å². The summed E-state index contributed by atoms with van der Waals surface area (Å²) in [6, 6.07) is 6.56. The van der Waals surface area contributed by atoms with Crippen LogP contribution >= 0.6 is 0 Å². The van der Waals surface area contributed by atoms with E-state index in [0.717, 1.165) is 31.4 Å². The molecular formula is C11H12FNO. The van der Waals surface area contributed by atoms with Crippen molar-refractivity contribution in [1.29, 1.82) is 0 Å². The van der Waals surface area contributed by atoms with Crippen LogP contribution < -0.4 is 0 Å². The normalized spacial score (nSPS) is 21.2. The Hall–Kier alpha value is -1.38. The highest BCUT2D eigenvalue weighted by atomic mass is 19.1. The zero-order chi connectivity index (χ0) is 9.97. The third-order valence-electron chi connectivity index (χ3n) is 2.66. The van der Waals surface area contributed by atoms with Gasteiger partial charge in [-0.25, -0.2) is 4.39 Å². The van der Waals surface area contributed by atoms with Gasteiger partial charge in [-0.05, 0) is 30.5 Å². The molecule has 0 aliphatic carbocycles. The minimum absolute atomic E-state index is 0.0724. The molecule has 1 amide bonds. The number of amides is 1. The molecule has 14 heavy (non-hydrogen) atoms. The number of hydrogen-bond acceptors (Lipinski definition) is 1. The topological polar surface area (TPSA) is 20.3 Å². The highest BCUT2D eigenvalue weighted by Crippen LogP contribution is 2.30. The van der Waals surface area contributed by atoms with Crippen LogP contribution in [0.15, 0.2) is 24.3 Å². The van der Waals surface area contributed by atoms with Gasteiger partial charge >= 0.3 is 0 Å². The van der Waals surface area contributed by atoms with Crippen molar-refractivity contribution in [2.75, 3.05) is 6.54 Å². The minimum atomic E-state index is -0.236. The van der Waals surface area contributed by atoms with Crippen LogP contribution in [0, 0.1) is 5.82 Å². The summed E-state index contributed by atoms with van der Waals surface area (Å²) in [6.07, 6.45) is 2.78. The number of nitrogens with zero attached hydrogens (tertiary/aromatic N) is 1. The summed E-state index contributed by atoms with van der Waals surface area (Å²) in [5.41, 5.74) is 0.898. The molecule has 0 N–H and O–H groups in total. The molecule has 1 unspecified atom stereocenters. The second-order valence-corrected chi connectivity index (χ2v) is 3.56. The number of halogens is 1. The minimum Gasteiger partial charge on any atom is -0.338 e. The summed E-state index contributed by atoms with van der Waals surface area (Å²) in [6.45, 7) is 0.782. The largest absolute Gasteiger partial charge is 0.338 e. The lowest BCUT2D eigenvalue weighted by molar-refractivity contribution is -0.118. The van der Waals surface area contributed by atoms with Gasteiger partial charge in [0.2, 0.25) is 6.41 Å². The number of rotatable bonds is 2. The van der Waals surface area contributed by atoms with E-state index in [0.29, 0.717) is 0 Å². The molecule has 1 aliphatic heterocycles. The van der Waals surface area contributed by atoms with Crippen LogP contribution in [0.3, 0.4) is 0 Å². The Morgan fingerprint density at radius 2 is 2.36 bits per heavy atom. The van der Waals surface area contributed by atoms with Gasteiger partial charge in [0.15, 0.2) is 0 Å². The van der Waals surface area contributed by atoms with Crippen molar-refractivity contribution >= 4 is 6.41 Å². The van der Waals surface area contributed by atoms with Crippen LogP contribution in [0.5, 0.6) is 0 Å². The predicted octanol–water partition coefficient (Wildman–Crippen LogP) is 2.12. The van der Waals surface area contributed by atoms with Gasteiger partial charge in [0.05, 0.1) is 6.04 Å². The van der Waals surface area contributed by atoms with Gasteiger partial charge in [-0.3, -0.25) is 4.79 Å². The summed E-state index contributed by atoms with van der Waals surface area (Å²) in [5.74, 6) is -0.236. The maximum Gasteiger partial charge on any atom is 0.210 e. The standard InChI is InChI=1S/C11H12FNO/c12-10-4-1-3-9(7-10)11-5-2-6-13(11)8-14/h1,3-4,7-8,11H,2,5-6H2. The van der Waals surface area contributed by atoms with Crippen molar-refractivity contribution in [2.24, 2.45) is 0 Å². The maximum absolute atomic E-state index is 12.9. The molecule has 2 rings (SSSR count). The number of carbonyl (C=O) groups is 1. The Labute approximate surface area is 82.3 Å². The van der Waals surface area contributed by atoms with Crippen LogP contribution in [0.2, 0.25) is 0 Å². The molecule has 1 heterocycles. The summed E-state index contributed by atoms with van der Waals surface area (Å²) in [4.78, 5) is 12.4. The SMILES string of the molecule is O=CN1CCCC1c1cccc(F)c1. The molecule has 3 heteroatoms. The molecule has 0 saturated carbocycles. The van der Waals surface area contributed by atoms with E-state index in [2.05, 4.69) is 0 Å². The van der Waals surface area contributed by atoms with Gasteiger partial charge in [-0.1, -0.05) is 12.1 Å². The lowest BCUT2D eigenvalue weighted by atomic mass is 10.0. The third kappa shape index (κ3) is 1.62. The zero-order valence-corrected chi connectivity index (χ0v) is 7.82. The van der Waals surface area contributed by atoms with Crippen LogP contribution in [0.1, 0.15) is 24.4 Å². The zero-order valence-electron chi connectivity index (χ0n) is 7.82. The first-order chi connectivity index (χ1) is 6.81. The Bertz CT molecular complexity index is 340. The molecule has 1 aromatic carbocycles. The lowest BCUT2D eigenvalue weighted by Crippen LogP contribution is -2.21. The fourth-order valence-electron chi connectivity index (χ4n) is 1.99. The van der Waals surface area contributed by atoms with Gasteiger partial charge in [0.1, 0.15) is 5.82 Å². The summed E-state index contributed by atoms with van der Waals surface area (Å²) in [7, 11) is 0. The quantitative estimate of drug-likeness (QED) is 0.659. The molecule has 1 saturated heterocycles. The van der Waals surface area contributed by atoms with E-state index >= 15 is 0 Å². The van der Waals surface area contributed by atoms with Crippen molar-refractivity contribution in [2.45, 2.75) is 18.9 Å². The van der Waals surface area contributed by atoms with Crippen LogP contribution in [0.4, 0.5) is 4.39 Å². The number of carbonyl (C=O) groups excluding carboxylic acids is 1. The molecule has 1 fully saturated rings. The summed E-state index contributed by atoms with van der Waals surface area (Å²) < 4.78 is 12.9. The smallest absolute Gasteiger partial charge is 0.210 e. The monoisotopic (exact) mass is 193 g/mol. The Balaban J connectivity index is 2.25. The molecule has 0 aromatic heterocycles. The van der Waals surface area contributed by atoms with Gasteiger partial charge < -0.3 is 4.90 Å². The number of hydrogen-bond donors (Lipinski definition) is 0.